The molecule has 1 saturated carbocycles. The van der Waals surface area contributed by atoms with E-state index in [0.29, 0.717) is 16.3 Å². The van der Waals surface area contributed by atoms with Crippen molar-refractivity contribution in [3.8, 4) is 5.75 Å². The van der Waals surface area contributed by atoms with Crippen molar-refractivity contribution >= 4 is 11.6 Å². The molecule has 0 bridgehead atoms. The molecule has 4 heteroatoms. The van der Waals surface area contributed by atoms with Crippen molar-refractivity contribution < 1.29 is 14.9 Å². The van der Waals surface area contributed by atoms with Gasteiger partial charge in [-0.05, 0) is 44.4 Å². The first-order chi connectivity index (χ1) is 8.58. The predicted octanol–water partition coefficient (Wildman–Crippen LogP) is 3.08. The second-order valence-electron chi connectivity index (χ2n) is 4.87. The fourth-order valence-corrected chi connectivity index (χ4v) is 2.51. The summed E-state index contributed by atoms with van der Waals surface area (Å²) in [7, 11) is 0. The van der Waals surface area contributed by atoms with Crippen LogP contribution >= 0.6 is 11.6 Å². The number of aliphatic hydroxyl groups excluding tert-OH is 2. The lowest BCUT2D eigenvalue weighted by atomic mass is 9.94. The monoisotopic (exact) mass is 270 g/mol. The van der Waals surface area contributed by atoms with Gasteiger partial charge >= 0.3 is 0 Å². The topological polar surface area (TPSA) is 49.7 Å². The number of ether oxygens (including phenoxy) is 1. The SMILES string of the molecule is C[C@H](O)c1cc(Cl)ccc1OC1CCCCC1O. The molecule has 0 saturated heterocycles. The summed E-state index contributed by atoms with van der Waals surface area (Å²) in [5.74, 6) is 0.611. The van der Waals surface area contributed by atoms with E-state index in [1.807, 2.05) is 0 Å². The lowest BCUT2D eigenvalue weighted by Crippen LogP contribution is -2.34. The Bertz CT molecular complexity index is 406. The zero-order valence-electron chi connectivity index (χ0n) is 10.5. The molecule has 0 spiro atoms. The van der Waals surface area contributed by atoms with E-state index in [2.05, 4.69) is 0 Å². The summed E-state index contributed by atoms with van der Waals surface area (Å²) < 4.78 is 5.85. The molecule has 0 aromatic heterocycles. The Kier molecular flexibility index (Phi) is 4.49. The number of aliphatic hydroxyl groups is 2. The number of halogens is 1. The van der Waals surface area contributed by atoms with Gasteiger partial charge in [0.05, 0.1) is 12.2 Å². The number of rotatable bonds is 3. The average molecular weight is 271 g/mol. The maximum Gasteiger partial charge on any atom is 0.125 e. The maximum absolute atomic E-state index is 9.90. The summed E-state index contributed by atoms with van der Waals surface area (Å²) in [4.78, 5) is 0. The molecule has 1 aromatic rings. The van der Waals surface area contributed by atoms with Crippen LogP contribution in [0.1, 0.15) is 44.3 Å². The van der Waals surface area contributed by atoms with Crippen LogP contribution in [0.15, 0.2) is 18.2 Å². The van der Waals surface area contributed by atoms with Crippen LogP contribution in [0.4, 0.5) is 0 Å². The molecule has 2 unspecified atom stereocenters. The lowest BCUT2D eigenvalue weighted by molar-refractivity contribution is 0.00529. The highest BCUT2D eigenvalue weighted by molar-refractivity contribution is 6.30. The quantitative estimate of drug-likeness (QED) is 0.887. The van der Waals surface area contributed by atoms with E-state index in [1.165, 1.54) is 0 Å². The van der Waals surface area contributed by atoms with Crippen LogP contribution in [-0.4, -0.2) is 22.4 Å². The largest absolute Gasteiger partial charge is 0.487 e. The lowest BCUT2D eigenvalue weighted by Gasteiger charge is -2.29. The summed E-state index contributed by atoms with van der Waals surface area (Å²) >= 11 is 5.92. The molecule has 2 N–H and O–H groups in total. The molecule has 0 aliphatic heterocycles. The Morgan fingerprint density at radius 2 is 2.06 bits per heavy atom. The van der Waals surface area contributed by atoms with Crippen molar-refractivity contribution in [3.63, 3.8) is 0 Å². The van der Waals surface area contributed by atoms with Crippen molar-refractivity contribution in [1.82, 2.24) is 0 Å². The van der Waals surface area contributed by atoms with Crippen molar-refractivity contribution in [2.45, 2.75) is 50.9 Å². The summed E-state index contributed by atoms with van der Waals surface area (Å²) in [6.07, 6.45) is 2.50. The van der Waals surface area contributed by atoms with Gasteiger partial charge in [0.2, 0.25) is 0 Å². The minimum Gasteiger partial charge on any atom is -0.487 e. The van der Waals surface area contributed by atoms with Crippen LogP contribution in [0.5, 0.6) is 5.75 Å². The molecule has 1 aliphatic rings. The van der Waals surface area contributed by atoms with Crippen LogP contribution in [0, 0.1) is 0 Å². The van der Waals surface area contributed by atoms with Gasteiger partial charge in [0.15, 0.2) is 0 Å². The second kappa shape index (κ2) is 5.91. The summed E-state index contributed by atoms with van der Waals surface area (Å²) in [6.45, 7) is 1.68. The first kappa shape index (κ1) is 13.7. The third-order valence-corrected chi connectivity index (χ3v) is 3.60. The van der Waals surface area contributed by atoms with E-state index in [-0.39, 0.29) is 6.10 Å². The zero-order chi connectivity index (χ0) is 13.1. The van der Waals surface area contributed by atoms with Crippen LogP contribution < -0.4 is 4.74 Å². The van der Waals surface area contributed by atoms with Crippen LogP contribution in [0.2, 0.25) is 5.02 Å². The molecule has 100 valence electrons. The third-order valence-electron chi connectivity index (χ3n) is 3.37. The molecule has 0 amide bonds. The highest BCUT2D eigenvalue weighted by atomic mass is 35.5. The van der Waals surface area contributed by atoms with Crippen molar-refractivity contribution in [1.29, 1.82) is 0 Å². The van der Waals surface area contributed by atoms with Gasteiger partial charge in [0.1, 0.15) is 11.9 Å². The number of hydrogen-bond acceptors (Lipinski definition) is 3. The first-order valence-corrected chi connectivity index (χ1v) is 6.78. The molecule has 1 fully saturated rings. The summed E-state index contributed by atoms with van der Waals surface area (Å²) in [6, 6.07) is 5.19. The third kappa shape index (κ3) is 3.16. The van der Waals surface area contributed by atoms with E-state index in [0.717, 1.165) is 25.7 Å². The Balaban J connectivity index is 2.17. The van der Waals surface area contributed by atoms with Crippen LogP contribution in [0.3, 0.4) is 0 Å². The maximum atomic E-state index is 9.90. The Hall–Kier alpha value is -0.770. The zero-order valence-corrected chi connectivity index (χ0v) is 11.2. The fraction of sp³-hybridized carbons (Fsp3) is 0.571. The Labute approximate surface area is 112 Å². The molecule has 1 aromatic carbocycles. The molecule has 3 nitrogen and oxygen atoms in total. The Morgan fingerprint density at radius 3 is 2.72 bits per heavy atom. The van der Waals surface area contributed by atoms with E-state index in [9.17, 15) is 10.2 Å². The minimum absolute atomic E-state index is 0.183. The van der Waals surface area contributed by atoms with Gasteiger partial charge < -0.3 is 14.9 Å². The minimum atomic E-state index is -0.639. The summed E-state index contributed by atoms with van der Waals surface area (Å²) in [5, 5.41) is 20.2. The molecule has 2 rings (SSSR count). The van der Waals surface area contributed by atoms with Gasteiger partial charge in [-0.1, -0.05) is 18.0 Å². The van der Waals surface area contributed by atoms with E-state index < -0.39 is 12.2 Å². The molecule has 1 aliphatic carbocycles. The molecular weight excluding hydrogens is 252 g/mol. The highest BCUT2D eigenvalue weighted by Crippen LogP contribution is 2.31. The Morgan fingerprint density at radius 1 is 1.33 bits per heavy atom. The normalized spacial score (nSPS) is 25.8. The van der Waals surface area contributed by atoms with Crippen molar-refractivity contribution in [3.05, 3.63) is 28.8 Å². The van der Waals surface area contributed by atoms with Crippen LogP contribution in [0.25, 0.3) is 0 Å². The van der Waals surface area contributed by atoms with Gasteiger partial charge in [0, 0.05) is 10.6 Å². The van der Waals surface area contributed by atoms with Crippen molar-refractivity contribution in [2.75, 3.05) is 0 Å². The average Bonchev–Trinajstić information content (AvgIpc) is 2.34. The van der Waals surface area contributed by atoms with E-state index in [4.69, 9.17) is 16.3 Å². The van der Waals surface area contributed by atoms with Gasteiger partial charge in [0.25, 0.3) is 0 Å². The van der Waals surface area contributed by atoms with Gasteiger partial charge in [-0.25, -0.2) is 0 Å². The molecular formula is C14H19ClO3. The van der Waals surface area contributed by atoms with Gasteiger partial charge in [-0.2, -0.15) is 0 Å². The molecule has 0 radical (unpaired) electrons. The molecule has 3 atom stereocenters. The smallest absolute Gasteiger partial charge is 0.125 e. The second-order valence-corrected chi connectivity index (χ2v) is 5.30. The van der Waals surface area contributed by atoms with E-state index in [1.54, 1.807) is 25.1 Å². The standard InChI is InChI=1S/C14H19ClO3/c1-9(16)11-8-10(15)6-7-13(11)18-14-5-3-2-4-12(14)17/h6-9,12,14,16-17H,2-5H2,1H3/t9-,12?,14?/m0/s1. The van der Waals surface area contributed by atoms with Gasteiger partial charge in [-0.3, -0.25) is 0 Å². The van der Waals surface area contributed by atoms with Crippen molar-refractivity contribution in [2.24, 2.45) is 0 Å². The first-order valence-electron chi connectivity index (χ1n) is 6.40. The van der Waals surface area contributed by atoms with Gasteiger partial charge in [-0.15, -0.1) is 0 Å². The van der Waals surface area contributed by atoms with Crippen LogP contribution in [-0.2, 0) is 0 Å². The number of hydrogen-bond donors (Lipinski definition) is 2. The summed E-state index contributed by atoms with van der Waals surface area (Å²) in [5.41, 5.74) is 0.667. The highest BCUT2D eigenvalue weighted by Gasteiger charge is 2.25. The van der Waals surface area contributed by atoms with E-state index >= 15 is 0 Å². The molecule has 0 heterocycles. The predicted molar refractivity (Wildman–Crippen MR) is 71.0 cm³/mol. The molecule has 18 heavy (non-hydrogen) atoms. The fourth-order valence-electron chi connectivity index (χ4n) is 2.33. The number of benzene rings is 1.